The van der Waals surface area contributed by atoms with Crippen molar-refractivity contribution in [3.8, 4) is 0 Å². The third-order valence-corrected chi connectivity index (χ3v) is 8.10. The molecule has 0 saturated carbocycles. The number of halogens is 26. The second kappa shape index (κ2) is 15.2. The highest BCUT2D eigenvalue weighted by atomic mass is 33.1. The van der Waals surface area contributed by atoms with Crippen LogP contribution in [0.1, 0.15) is 12.8 Å². The first-order chi connectivity index (χ1) is 22.5. The van der Waals surface area contributed by atoms with Gasteiger partial charge in [0.1, 0.15) is 0 Å². The highest BCUT2D eigenvalue weighted by molar-refractivity contribution is 8.76. The van der Waals surface area contributed by atoms with Crippen molar-refractivity contribution >= 4 is 33.5 Å². The third-order valence-electron chi connectivity index (χ3n) is 5.69. The van der Waals surface area contributed by atoms with Gasteiger partial charge in [-0.2, -0.15) is 114 Å². The molecule has 0 aromatic carbocycles. The lowest BCUT2D eigenvalue weighted by atomic mass is 9.94. The predicted molar refractivity (Wildman–Crippen MR) is 118 cm³/mol. The first kappa shape index (κ1) is 49.8. The Morgan fingerprint density at radius 1 is 0.346 bits per heavy atom. The van der Waals surface area contributed by atoms with E-state index in [9.17, 15) is 124 Å². The summed E-state index contributed by atoms with van der Waals surface area (Å²) in [6.07, 6.45) is -17.9. The van der Waals surface area contributed by atoms with Crippen LogP contribution in [0.15, 0.2) is 0 Å². The van der Waals surface area contributed by atoms with Crippen molar-refractivity contribution in [3.05, 3.63) is 0 Å². The number of ether oxygens (including phenoxy) is 2. The van der Waals surface area contributed by atoms with Crippen LogP contribution < -0.4 is 0 Å². The molecule has 0 N–H and O–H groups in total. The largest absolute Gasteiger partial charge is 0.460 e. The van der Waals surface area contributed by atoms with Gasteiger partial charge in [-0.1, -0.05) is 21.6 Å². The molecular weight excluding hydrogens is 862 g/mol. The minimum atomic E-state index is -8.21. The van der Waals surface area contributed by atoms with Crippen LogP contribution in [0.2, 0.25) is 0 Å². The summed E-state index contributed by atoms with van der Waals surface area (Å²) in [5.41, 5.74) is 0. The molecule has 4 nitrogen and oxygen atoms in total. The molecule has 0 saturated heterocycles. The van der Waals surface area contributed by atoms with Crippen LogP contribution in [-0.2, 0) is 19.1 Å². The minimum absolute atomic E-state index is 0.263. The Labute approximate surface area is 276 Å². The van der Waals surface area contributed by atoms with E-state index in [0.29, 0.717) is 0 Å². The number of hydrogen-bond acceptors (Lipinski definition) is 6. The van der Waals surface area contributed by atoms with Gasteiger partial charge in [0.25, 0.3) is 0 Å². The van der Waals surface area contributed by atoms with Crippen molar-refractivity contribution in [2.24, 2.45) is 0 Å². The molecule has 0 unspecified atom stereocenters. The average molecular weight is 874 g/mol. The summed E-state index contributed by atoms with van der Waals surface area (Å²) >= 11 is 0. The van der Waals surface area contributed by atoms with Gasteiger partial charge >= 0.3 is 83.5 Å². The molecule has 0 bridgehead atoms. The van der Waals surface area contributed by atoms with Crippen molar-refractivity contribution < 1.29 is 133 Å². The summed E-state index contributed by atoms with van der Waals surface area (Å²) in [6.45, 7) is -6.66. The zero-order chi connectivity index (χ0) is 42.2. The van der Waals surface area contributed by atoms with E-state index in [-0.39, 0.29) is 21.6 Å². The highest BCUT2D eigenvalue weighted by Gasteiger charge is 2.92. The quantitative estimate of drug-likeness (QED) is 0.0558. The molecular formula is C20H12F26O4S2. The molecule has 0 spiro atoms. The van der Waals surface area contributed by atoms with Gasteiger partial charge in [0.2, 0.25) is 0 Å². The van der Waals surface area contributed by atoms with Crippen molar-refractivity contribution in [1.29, 1.82) is 0 Å². The van der Waals surface area contributed by atoms with Crippen LogP contribution in [-0.4, -0.2) is 108 Å². The second-order valence-electron chi connectivity index (χ2n) is 9.46. The molecule has 0 fully saturated rings. The number of carbonyl (C=O) groups is 2. The molecule has 52 heavy (non-hydrogen) atoms. The first-order valence-corrected chi connectivity index (χ1v) is 14.5. The van der Waals surface area contributed by atoms with Gasteiger partial charge in [0, 0.05) is 11.5 Å². The standard InChI is InChI=1S/C20H12F26O4S2/c21-9(22,11(25,26)13(29,30)15(33,34)17(37,38)19(41,42)43)5-49-7(47)1-3-51-52-4-2-8(48)50-6-10(23,24)12(27,28)14(31,32)16(35,36)18(39,40)20(44,45)46/h1-6H2. The smallest absolute Gasteiger partial charge is 0.459 e. The number of rotatable bonds is 19. The van der Waals surface area contributed by atoms with Gasteiger partial charge in [-0.15, -0.1) is 0 Å². The topological polar surface area (TPSA) is 52.6 Å². The van der Waals surface area contributed by atoms with Crippen LogP contribution in [0.4, 0.5) is 114 Å². The Hall–Kier alpha value is -2.18. The monoisotopic (exact) mass is 874 g/mol. The molecule has 0 radical (unpaired) electrons. The molecule has 310 valence electrons. The molecule has 0 amide bonds. The summed E-state index contributed by atoms with van der Waals surface area (Å²) in [7, 11) is 0.526. The number of esters is 2. The van der Waals surface area contributed by atoms with Crippen LogP contribution in [0, 0.1) is 0 Å². The van der Waals surface area contributed by atoms with Crippen molar-refractivity contribution in [1.82, 2.24) is 0 Å². The number of hydrogen-bond donors (Lipinski definition) is 0. The molecule has 0 aromatic rings. The number of carbonyl (C=O) groups excluding carboxylic acids is 2. The van der Waals surface area contributed by atoms with Crippen LogP contribution in [0.25, 0.3) is 0 Å². The van der Waals surface area contributed by atoms with Gasteiger partial charge in [-0.3, -0.25) is 9.59 Å². The summed E-state index contributed by atoms with van der Waals surface area (Å²) in [4.78, 5) is 22.7. The van der Waals surface area contributed by atoms with E-state index in [1.165, 1.54) is 0 Å². The van der Waals surface area contributed by atoms with Crippen molar-refractivity contribution in [3.63, 3.8) is 0 Å². The lowest BCUT2D eigenvalue weighted by Gasteiger charge is -2.39. The van der Waals surface area contributed by atoms with E-state index in [2.05, 4.69) is 9.47 Å². The fourth-order valence-electron chi connectivity index (χ4n) is 2.64. The maximum atomic E-state index is 13.6. The van der Waals surface area contributed by atoms with Gasteiger partial charge in [0.05, 0.1) is 12.8 Å². The fraction of sp³-hybridized carbons (Fsp3) is 0.900. The zero-order valence-electron chi connectivity index (χ0n) is 23.5. The van der Waals surface area contributed by atoms with Gasteiger partial charge in [-0.25, -0.2) is 0 Å². The Morgan fingerprint density at radius 3 is 0.769 bits per heavy atom. The lowest BCUT2D eigenvalue weighted by molar-refractivity contribution is -0.441. The molecule has 0 aliphatic heterocycles. The highest BCUT2D eigenvalue weighted by Crippen LogP contribution is 2.61. The zero-order valence-corrected chi connectivity index (χ0v) is 25.2. The van der Waals surface area contributed by atoms with E-state index in [1.807, 2.05) is 0 Å². The second-order valence-corrected chi connectivity index (χ2v) is 12.2. The average Bonchev–Trinajstić information content (AvgIpc) is 2.94. The van der Waals surface area contributed by atoms with E-state index >= 15 is 0 Å². The van der Waals surface area contributed by atoms with Crippen LogP contribution >= 0.6 is 21.6 Å². The summed E-state index contributed by atoms with van der Waals surface area (Å²) in [6, 6.07) is 0. The predicted octanol–water partition coefficient (Wildman–Crippen LogP) is 9.71. The third kappa shape index (κ3) is 8.85. The first-order valence-electron chi connectivity index (χ1n) is 12.0. The molecule has 0 aliphatic rings. The Morgan fingerprint density at radius 2 is 0.558 bits per heavy atom. The Bertz CT molecular complexity index is 1150. The molecule has 0 rings (SSSR count). The Balaban J connectivity index is 5.10. The van der Waals surface area contributed by atoms with Crippen molar-refractivity contribution in [2.45, 2.75) is 84.4 Å². The van der Waals surface area contributed by atoms with E-state index < -0.39 is 121 Å². The summed E-state index contributed by atoms with van der Waals surface area (Å²) in [5.74, 6) is -83.6. The van der Waals surface area contributed by atoms with E-state index in [4.69, 9.17) is 0 Å². The van der Waals surface area contributed by atoms with Crippen molar-refractivity contribution in [2.75, 3.05) is 24.7 Å². The van der Waals surface area contributed by atoms with Crippen LogP contribution in [0.5, 0.6) is 0 Å². The maximum Gasteiger partial charge on any atom is 0.460 e. The van der Waals surface area contributed by atoms with Crippen LogP contribution in [0.3, 0.4) is 0 Å². The summed E-state index contributed by atoms with van der Waals surface area (Å²) in [5, 5.41) is 0. The molecule has 0 heterocycles. The molecule has 32 heteroatoms. The molecule has 0 aliphatic carbocycles. The fourth-order valence-corrected chi connectivity index (χ4v) is 4.58. The van der Waals surface area contributed by atoms with Gasteiger partial charge in [0.15, 0.2) is 13.2 Å². The SMILES string of the molecule is O=C(CCSSCCC(=O)OCC(F)(F)C(F)(F)C(F)(F)C(F)(F)C(F)(F)C(F)(F)F)OCC(F)(F)C(F)(F)C(F)(F)C(F)(F)C(F)(F)C(F)(F)F. The molecule has 0 atom stereocenters. The normalized spacial score (nSPS) is 15.5. The summed E-state index contributed by atoms with van der Waals surface area (Å²) < 4.78 is 345. The minimum Gasteiger partial charge on any atom is -0.459 e. The Kier molecular flexibility index (Phi) is 14.5. The lowest BCUT2D eigenvalue weighted by Crippen LogP contribution is -2.70. The molecule has 0 aromatic heterocycles. The van der Waals surface area contributed by atoms with Gasteiger partial charge < -0.3 is 9.47 Å². The maximum absolute atomic E-state index is 13.6. The van der Waals surface area contributed by atoms with E-state index in [1.54, 1.807) is 0 Å². The van der Waals surface area contributed by atoms with Gasteiger partial charge in [-0.05, 0) is 0 Å². The van der Waals surface area contributed by atoms with E-state index in [0.717, 1.165) is 0 Å². The number of alkyl halides is 26.